The van der Waals surface area contributed by atoms with Gasteiger partial charge in [0.15, 0.2) is 0 Å². The second-order valence-corrected chi connectivity index (χ2v) is 5.27. The number of hydrogen-bond acceptors (Lipinski definition) is 3. The zero-order chi connectivity index (χ0) is 11.8. The van der Waals surface area contributed by atoms with Gasteiger partial charge in [-0.2, -0.15) is 0 Å². The Morgan fingerprint density at radius 3 is 2.81 bits per heavy atom. The molecule has 0 radical (unpaired) electrons. The van der Waals surface area contributed by atoms with Crippen LogP contribution in [0.25, 0.3) is 0 Å². The second kappa shape index (κ2) is 8.04. The van der Waals surface area contributed by atoms with Gasteiger partial charge in [-0.3, -0.25) is 0 Å². The zero-order valence-corrected chi connectivity index (χ0v) is 10.6. The lowest BCUT2D eigenvalue weighted by Crippen LogP contribution is -2.42. The number of nitrogens with two attached hydrogens (primary N) is 1. The van der Waals surface area contributed by atoms with Crippen molar-refractivity contribution in [3.63, 3.8) is 0 Å². The normalized spacial score (nSPS) is 27.9. The highest BCUT2D eigenvalue weighted by atomic mass is 16.3. The maximum atomic E-state index is 8.93. The van der Waals surface area contributed by atoms with E-state index >= 15 is 0 Å². The minimum Gasteiger partial charge on any atom is -0.396 e. The lowest BCUT2D eigenvalue weighted by molar-refractivity contribution is 0.224. The van der Waals surface area contributed by atoms with Gasteiger partial charge in [-0.25, -0.2) is 0 Å². The Bertz CT molecular complexity index is 175. The Labute approximate surface area is 99.8 Å². The average Bonchev–Trinajstić information content (AvgIpc) is 2.34. The number of aliphatic hydroxyl groups is 1. The van der Waals surface area contributed by atoms with Crippen molar-refractivity contribution in [2.24, 2.45) is 17.6 Å². The summed E-state index contributed by atoms with van der Waals surface area (Å²) in [5.41, 5.74) is 5.79. The smallest absolute Gasteiger partial charge is 0.0456 e. The standard InChI is InChI=1S/C13H28N2O/c1-11(10-16)5-4-8-15-13-7-3-2-6-12(13)9-14/h11-13,15-16H,2-10,14H2,1H3. The molecule has 1 saturated carbocycles. The molecule has 0 saturated heterocycles. The van der Waals surface area contributed by atoms with Gasteiger partial charge in [-0.05, 0) is 50.6 Å². The van der Waals surface area contributed by atoms with Crippen LogP contribution in [0.5, 0.6) is 0 Å². The molecule has 3 atom stereocenters. The summed E-state index contributed by atoms with van der Waals surface area (Å²) in [5, 5.41) is 12.6. The fourth-order valence-corrected chi connectivity index (χ4v) is 2.59. The van der Waals surface area contributed by atoms with Crippen LogP contribution < -0.4 is 11.1 Å². The molecule has 3 unspecified atom stereocenters. The Balaban J connectivity index is 2.10. The van der Waals surface area contributed by atoms with Gasteiger partial charge < -0.3 is 16.2 Å². The number of aliphatic hydroxyl groups excluding tert-OH is 1. The molecule has 0 spiro atoms. The molecule has 1 aliphatic rings. The molecule has 1 rings (SSSR count). The van der Waals surface area contributed by atoms with E-state index in [0.717, 1.165) is 25.9 Å². The van der Waals surface area contributed by atoms with Crippen molar-refractivity contribution in [2.45, 2.75) is 51.5 Å². The first kappa shape index (κ1) is 13.9. The van der Waals surface area contributed by atoms with Gasteiger partial charge in [0, 0.05) is 12.6 Å². The van der Waals surface area contributed by atoms with Crippen LogP contribution in [0.1, 0.15) is 45.4 Å². The lowest BCUT2D eigenvalue weighted by Gasteiger charge is -2.31. The van der Waals surface area contributed by atoms with Crippen LogP contribution >= 0.6 is 0 Å². The predicted octanol–water partition coefficient (Wildman–Crippen LogP) is 1.50. The van der Waals surface area contributed by atoms with Crippen LogP contribution in [-0.2, 0) is 0 Å². The van der Waals surface area contributed by atoms with Gasteiger partial charge in [0.1, 0.15) is 0 Å². The molecule has 0 bridgehead atoms. The molecule has 3 heteroatoms. The largest absolute Gasteiger partial charge is 0.396 e. The molecule has 0 amide bonds. The Morgan fingerprint density at radius 2 is 2.12 bits per heavy atom. The van der Waals surface area contributed by atoms with E-state index < -0.39 is 0 Å². The first-order valence-electron chi connectivity index (χ1n) is 6.82. The summed E-state index contributed by atoms with van der Waals surface area (Å²) in [4.78, 5) is 0. The summed E-state index contributed by atoms with van der Waals surface area (Å²) >= 11 is 0. The van der Waals surface area contributed by atoms with Gasteiger partial charge in [0.05, 0.1) is 0 Å². The van der Waals surface area contributed by atoms with Crippen molar-refractivity contribution in [1.29, 1.82) is 0 Å². The third-order valence-electron chi connectivity index (χ3n) is 3.80. The lowest BCUT2D eigenvalue weighted by atomic mass is 9.84. The average molecular weight is 228 g/mol. The minimum absolute atomic E-state index is 0.314. The van der Waals surface area contributed by atoms with Crippen molar-refractivity contribution < 1.29 is 5.11 Å². The molecular formula is C13H28N2O. The molecule has 0 aromatic rings. The van der Waals surface area contributed by atoms with Crippen LogP contribution in [0.2, 0.25) is 0 Å². The Morgan fingerprint density at radius 1 is 1.38 bits per heavy atom. The van der Waals surface area contributed by atoms with E-state index in [-0.39, 0.29) is 0 Å². The van der Waals surface area contributed by atoms with Gasteiger partial charge in [0.25, 0.3) is 0 Å². The quantitative estimate of drug-likeness (QED) is 0.579. The van der Waals surface area contributed by atoms with E-state index in [0.29, 0.717) is 24.5 Å². The van der Waals surface area contributed by atoms with Crippen molar-refractivity contribution in [1.82, 2.24) is 5.32 Å². The molecule has 4 N–H and O–H groups in total. The second-order valence-electron chi connectivity index (χ2n) is 5.27. The first-order valence-corrected chi connectivity index (χ1v) is 6.82. The monoisotopic (exact) mass is 228 g/mol. The molecule has 96 valence electrons. The maximum absolute atomic E-state index is 8.93. The van der Waals surface area contributed by atoms with Gasteiger partial charge in [-0.15, -0.1) is 0 Å². The summed E-state index contributed by atoms with van der Waals surface area (Å²) in [6.45, 7) is 4.31. The summed E-state index contributed by atoms with van der Waals surface area (Å²) in [6, 6.07) is 0.642. The number of nitrogens with one attached hydrogen (secondary N) is 1. The first-order chi connectivity index (χ1) is 7.77. The van der Waals surface area contributed by atoms with Crippen molar-refractivity contribution in [3.8, 4) is 0 Å². The van der Waals surface area contributed by atoms with Crippen molar-refractivity contribution in [2.75, 3.05) is 19.7 Å². The summed E-state index contributed by atoms with van der Waals surface area (Å²) < 4.78 is 0. The van der Waals surface area contributed by atoms with Crippen LogP contribution in [0.15, 0.2) is 0 Å². The molecule has 1 fully saturated rings. The third-order valence-corrected chi connectivity index (χ3v) is 3.80. The minimum atomic E-state index is 0.314. The molecule has 16 heavy (non-hydrogen) atoms. The van der Waals surface area contributed by atoms with Gasteiger partial charge in [0.2, 0.25) is 0 Å². The highest BCUT2D eigenvalue weighted by Gasteiger charge is 2.22. The highest BCUT2D eigenvalue weighted by Crippen LogP contribution is 2.23. The van der Waals surface area contributed by atoms with E-state index in [4.69, 9.17) is 10.8 Å². The van der Waals surface area contributed by atoms with Crippen molar-refractivity contribution >= 4 is 0 Å². The SMILES string of the molecule is CC(CO)CCCNC1CCCCC1CN. The maximum Gasteiger partial charge on any atom is 0.0456 e. The molecule has 0 aromatic heterocycles. The van der Waals surface area contributed by atoms with Crippen LogP contribution in [0.4, 0.5) is 0 Å². The van der Waals surface area contributed by atoms with E-state index in [1.165, 1.54) is 25.7 Å². The number of hydrogen-bond donors (Lipinski definition) is 3. The van der Waals surface area contributed by atoms with Gasteiger partial charge >= 0.3 is 0 Å². The van der Waals surface area contributed by atoms with E-state index in [2.05, 4.69) is 12.2 Å². The molecule has 0 aromatic carbocycles. The molecule has 0 heterocycles. The van der Waals surface area contributed by atoms with Crippen LogP contribution in [0, 0.1) is 11.8 Å². The molecule has 0 aliphatic heterocycles. The molecule has 3 nitrogen and oxygen atoms in total. The fraction of sp³-hybridized carbons (Fsp3) is 1.00. The van der Waals surface area contributed by atoms with E-state index in [9.17, 15) is 0 Å². The van der Waals surface area contributed by atoms with Crippen LogP contribution in [-0.4, -0.2) is 30.8 Å². The van der Waals surface area contributed by atoms with E-state index in [1.807, 2.05) is 0 Å². The summed E-state index contributed by atoms with van der Waals surface area (Å²) in [7, 11) is 0. The van der Waals surface area contributed by atoms with Crippen molar-refractivity contribution in [3.05, 3.63) is 0 Å². The van der Waals surface area contributed by atoms with Crippen LogP contribution in [0.3, 0.4) is 0 Å². The topological polar surface area (TPSA) is 58.3 Å². The predicted molar refractivity (Wildman–Crippen MR) is 68.3 cm³/mol. The third kappa shape index (κ3) is 4.81. The Kier molecular flexibility index (Phi) is 7.01. The van der Waals surface area contributed by atoms with E-state index in [1.54, 1.807) is 0 Å². The highest BCUT2D eigenvalue weighted by molar-refractivity contribution is 4.81. The zero-order valence-electron chi connectivity index (χ0n) is 10.6. The Hall–Kier alpha value is -0.120. The van der Waals surface area contributed by atoms with Gasteiger partial charge in [-0.1, -0.05) is 19.8 Å². The fourth-order valence-electron chi connectivity index (χ4n) is 2.59. The summed E-state index contributed by atoms with van der Waals surface area (Å²) in [6.07, 6.45) is 7.56. The summed E-state index contributed by atoms with van der Waals surface area (Å²) in [5.74, 6) is 1.13. The number of rotatable bonds is 7. The molecule has 1 aliphatic carbocycles. The molecular weight excluding hydrogens is 200 g/mol.